The van der Waals surface area contributed by atoms with Gasteiger partial charge in [-0.15, -0.1) is 0 Å². The second-order valence-corrected chi connectivity index (χ2v) is 9.95. The molecule has 180 valence electrons. The van der Waals surface area contributed by atoms with E-state index in [1.54, 1.807) is 11.1 Å². The molecular weight excluding hydrogens is 374 g/mol. The molecule has 0 bridgehead atoms. The van der Waals surface area contributed by atoms with Crippen LogP contribution in [0.15, 0.2) is 18.5 Å². The maximum atomic E-state index is 2.53. The predicted molar refractivity (Wildman–Crippen MR) is 139 cm³/mol. The van der Waals surface area contributed by atoms with E-state index in [9.17, 15) is 0 Å². The first-order valence-electron chi connectivity index (χ1n) is 14.3. The summed E-state index contributed by atoms with van der Waals surface area (Å²) in [6.07, 6.45) is 34.0. The summed E-state index contributed by atoms with van der Waals surface area (Å²) >= 11 is 0. The van der Waals surface area contributed by atoms with Crippen molar-refractivity contribution < 1.29 is 4.57 Å². The molecule has 0 saturated heterocycles. The first-order chi connectivity index (χ1) is 15.3. The largest absolute Gasteiger partial charge is 0.205 e. The monoisotopic (exact) mass is 430 g/mol. The minimum absolute atomic E-state index is 1.20. The molecule has 0 unspecified atom stereocenters. The van der Waals surface area contributed by atoms with Crippen molar-refractivity contribution in [2.24, 2.45) is 0 Å². The quantitative estimate of drug-likeness (QED) is 0.127. The Balaban J connectivity index is 2.37. The Kier molecular flexibility index (Phi) is 19.1. The van der Waals surface area contributed by atoms with Gasteiger partial charge in [0.05, 0.1) is 0 Å². The molecule has 31 heavy (non-hydrogen) atoms. The number of aryl methyl sites for hydroxylation is 3. The van der Waals surface area contributed by atoms with Crippen LogP contribution in [0.5, 0.6) is 0 Å². The van der Waals surface area contributed by atoms with E-state index in [2.05, 4.69) is 43.8 Å². The van der Waals surface area contributed by atoms with Crippen LogP contribution >= 0.6 is 0 Å². The molecule has 0 spiro atoms. The highest BCUT2D eigenvalue weighted by Gasteiger charge is 2.08. The van der Waals surface area contributed by atoms with Crippen molar-refractivity contribution >= 4 is 0 Å². The summed E-state index contributed by atoms with van der Waals surface area (Å²) in [6.45, 7) is 8.11. The Labute approximate surface area is 196 Å². The molecule has 0 fully saturated rings. The molecule has 0 aliphatic heterocycles. The van der Waals surface area contributed by atoms with Gasteiger partial charge in [-0.2, -0.15) is 0 Å². The summed E-state index contributed by atoms with van der Waals surface area (Å²) in [5.74, 6) is 0. The zero-order chi connectivity index (χ0) is 22.4. The fraction of sp³-hybridized carbons (Fsp3) is 0.833. The van der Waals surface area contributed by atoms with Gasteiger partial charge < -0.3 is 0 Å². The molecule has 1 aromatic heterocycles. The third-order valence-electron chi connectivity index (χ3n) is 6.69. The molecule has 1 nitrogen and oxygen atoms in total. The Hall–Kier alpha value is -0.850. The van der Waals surface area contributed by atoms with Gasteiger partial charge in [-0.1, -0.05) is 117 Å². The van der Waals surface area contributed by atoms with Gasteiger partial charge in [0.1, 0.15) is 6.54 Å². The van der Waals surface area contributed by atoms with E-state index in [1.807, 2.05) is 0 Å². The molecule has 1 heteroatoms. The summed E-state index contributed by atoms with van der Waals surface area (Å²) < 4.78 is 2.51. The first kappa shape index (κ1) is 28.2. The highest BCUT2D eigenvalue weighted by atomic mass is 14.9. The molecular formula is C30H56N+. The van der Waals surface area contributed by atoms with Crippen molar-refractivity contribution in [1.82, 2.24) is 0 Å². The van der Waals surface area contributed by atoms with Crippen LogP contribution in [0, 0.1) is 0 Å². The zero-order valence-corrected chi connectivity index (χ0v) is 21.7. The van der Waals surface area contributed by atoms with Crippen molar-refractivity contribution in [3.63, 3.8) is 0 Å². The van der Waals surface area contributed by atoms with Gasteiger partial charge in [0, 0.05) is 17.5 Å². The number of rotatable bonds is 22. The van der Waals surface area contributed by atoms with Gasteiger partial charge in [-0.25, -0.2) is 4.57 Å². The highest BCUT2D eigenvalue weighted by Crippen LogP contribution is 2.14. The van der Waals surface area contributed by atoms with E-state index >= 15 is 0 Å². The molecule has 1 rings (SSSR count). The van der Waals surface area contributed by atoms with E-state index in [-0.39, 0.29) is 0 Å². The smallest absolute Gasteiger partial charge is 0.171 e. The highest BCUT2D eigenvalue weighted by molar-refractivity contribution is 5.15. The molecule has 1 aromatic rings. The molecule has 0 aliphatic carbocycles. The molecule has 0 aromatic carbocycles. The Morgan fingerprint density at radius 1 is 0.452 bits per heavy atom. The number of aromatic nitrogens is 1. The second kappa shape index (κ2) is 21.0. The Bertz CT molecular complexity index is 469. The Morgan fingerprint density at radius 2 is 0.806 bits per heavy atom. The van der Waals surface area contributed by atoms with Crippen molar-refractivity contribution in [2.75, 3.05) is 0 Å². The zero-order valence-electron chi connectivity index (χ0n) is 21.7. The van der Waals surface area contributed by atoms with E-state index in [1.165, 1.54) is 141 Å². The lowest BCUT2D eigenvalue weighted by molar-refractivity contribution is -0.698. The van der Waals surface area contributed by atoms with Crippen molar-refractivity contribution in [3.05, 3.63) is 29.6 Å². The average molecular weight is 431 g/mol. The van der Waals surface area contributed by atoms with Crippen LogP contribution in [-0.4, -0.2) is 0 Å². The van der Waals surface area contributed by atoms with Gasteiger partial charge in [0.15, 0.2) is 12.4 Å². The van der Waals surface area contributed by atoms with Crippen LogP contribution in [0.1, 0.15) is 154 Å². The molecule has 0 atom stereocenters. The second-order valence-electron chi connectivity index (χ2n) is 9.95. The summed E-state index contributed by atoms with van der Waals surface area (Å²) in [5, 5.41) is 0. The van der Waals surface area contributed by atoms with E-state index < -0.39 is 0 Å². The average Bonchev–Trinajstić information content (AvgIpc) is 2.77. The normalized spacial score (nSPS) is 11.3. The standard InChI is InChI=1S/C30H56N/c1-4-7-10-12-14-16-18-20-23-29-26-30(28-31(27-29)25-22-9-6-3)24-21-19-17-15-13-11-8-5-2/h26-28H,4-25H2,1-3H3/q+1. The fourth-order valence-corrected chi connectivity index (χ4v) is 4.65. The van der Waals surface area contributed by atoms with Crippen molar-refractivity contribution in [3.8, 4) is 0 Å². The minimum atomic E-state index is 1.20. The lowest BCUT2D eigenvalue weighted by Crippen LogP contribution is -2.34. The van der Waals surface area contributed by atoms with Crippen LogP contribution in [0.2, 0.25) is 0 Å². The minimum Gasteiger partial charge on any atom is -0.205 e. The summed E-state index contributed by atoms with van der Waals surface area (Å²) in [4.78, 5) is 0. The molecule has 0 saturated carbocycles. The number of pyridine rings is 1. The van der Waals surface area contributed by atoms with Crippen molar-refractivity contribution in [1.29, 1.82) is 0 Å². The molecule has 0 aliphatic rings. The fourth-order valence-electron chi connectivity index (χ4n) is 4.65. The molecule has 0 amide bonds. The van der Waals surface area contributed by atoms with Gasteiger partial charge in [0.25, 0.3) is 0 Å². The number of hydrogen-bond donors (Lipinski definition) is 0. The lowest BCUT2D eigenvalue weighted by Gasteiger charge is -2.07. The summed E-state index contributed by atoms with van der Waals surface area (Å²) in [6, 6.07) is 2.53. The third-order valence-corrected chi connectivity index (χ3v) is 6.69. The van der Waals surface area contributed by atoms with Gasteiger partial charge in [-0.3, -0.25) is 0 Å². The van der Waals surface area contributed by atoms with Gasteiger partial charge in [-0.05, 0) is 38.2 Å². The lowest BCUT2D eigenvalue weighted by atomic mass is 10.0. The topological polar surface area (TPSA) is 3.88 Å². The maximum Gasteiger partial charge on any atom is 0.171 e. The van der Waals surface area contributed by atoms with Crippen LogP contribution in [0.3, 0.4) is 0 Å². The molecule has 1 heterocycles. The van der Waals surface area contributed by atoms with Gasteiger partial charge in [0.2, 0.25) is 0 Å². The van der Waals surface area contributed by atoms with E-state index in [0.717, 1.165) is 0 Å². The number of nitrogens with zero attached hydrogens (tertiary/aromatic N) is 1. The first-order valence-corrected chi connectivity index (χ1v) is 14.3. The summed E-state index contributed by atoms with van der Waals surface area (Å²) in [7, 11) is 0. The predicted octanol–water partition coefficient (Wildman–Crippen LogP) is 9.53. The van der Waals surface area contributed by atoms with Crippen LogP contribution in [-0.2, 0) is 19.4 Å². The third kappa shape index (κ3) is 16.4. The maximum absolute atomic E-state index is 2.53. The van der Waals surface area contributed by atoms with Crippen LogP contribution < -0.4 is 4.57 Å². The van der Waals surface area contributed by atoms with E-state index in [0.29, 0.717) is 0 Å². The van der Waals surface area contributed by atoms with Crippen LogP contribution in [0.4, 0.5) is 0 Å². The summed E-state index contributed by atoms with van der Waals surface area (Å²) in [5.41, 5.74) is 3.17. The molecule has 0 N–H and O–H groups in total. The molecule has 0 radical (unpaired) electrons. The Morgan fingerprint density at radius 3 is 1.23 bits per heavy atom. The SMILES string of the molecule is CCCCCCCCCCc1cc(CCCCCCCCCC)c[n+](CCCCC)c1. The van der Waals surface area contributed by atoms with Crippen LogP contribution in [0.25, 0.3) is 0 Å². The van der Waals surface area contributed by atoms with Crippen molar-refractivity contribution in [2.45, 2.75) is 162 Å². The number of hydrogen-bond acceptors (Lipinski definition) is 0. The van der Waals surface area contributed by atoms with Gasteiger partial charge >= 0.3 is 0 Å². The van der Waals surface area contributed by atoms with E-state index in [4.69, 9.17) is 0 Å². The number of unbranched alkanes of at least 4 members (excludes halogenated alkanes) is 16.